The van der Waals surface area contributed by atoms with Crippen molar-refractivity contribution >= 4 is 29.0 Å². The van der Waals surface area contributed by atoms with E-state index in [1.54, 1.807) is 28.0 Å². The lowest BCUT2D eigenvalue weighted by atomic mass is 10.2. The Hall–Kier alpha value is -3.73. The number of nitrogens with zero attached hydrogens (tertiary/aromatic N) is 6. The molecule has 1 amide bonds. The molecular weight excluding hydrogens is 416 g/mol. The van der Waals surface area contributed by atoms with Crippen molar-refractivity contribution in [2.24, 2.45) is 0 Å². The molecule has 1 aliphatic heterocycles. The van der Waals surface area contributed by atoms with Crippen LogP contribution >= 0.6 is 11.6 Å². The van der Waals surface area contributed by atoms with Crippen molar-refractivity contribution in [3.8, 4) is 11.6 Å². The Morgan fingerprint density at radius 3 is 2.63 bits per heavy atom. The third-order valence-corrected chi connectivity index (χ3v) is 4.77. The van der Waals surface area contributed by atoms with Crippen molar-refractivity contribution < 1.29 is 18.9 Å². The Kier molecular flexibility index (Phi) is 5.44. The van der Waals surface area contributed by atoms with E-state index in [1.165, 1.54) is 24.9 Å². The molecule has 1 saturated heterocycles. The van der Waals surface area contributed by atoms with Crippen LogP contribution in [0, 0.1) is 10.1 Å². The predicted octanol–water partition coefficient (Wildman–Crippen LogP) is 2.78. The van der Waals surface area contributed by atoms with Gasteiger partial charge in [-0.05, 0) is 24.3 Å². The molecule has 30 heavy (non-hydrogen) atoms. The number of pyridine rings is 1. The predicted molar refractivity (Wildman–Crippen MR) is 105 cm³/mol. The second-order valence-electron chi connectivity index (χ2n) is 6.26. The molecule has 0 spiro atoms. The van der Waals surface area contributed by atoms with Crippen LogP contribution in [0.1, 0.15) is 10.6 Å². The smallest absolute Gasteiger partial charge is 0.373 e. The number of anilines is 1. The largest absolute Gasteiger partial charge is 0.459 e. The summed E-state index contributed by atoms with van der Waals surface area (Å²) in [7, 11) is 0. The van der Waals surface area contributed by atoms with Gasteiger partial charge in [0.25, 0.3) is 5.91 Å². The average molecular weight is 431 g/mol. The minimum Gasteiger partial charge on any atom is -0.459 e. The van der Waals surface area contributed by atoms with Crippen molar-refractivity contribution in [3.05, 3.63) is 64.1 Å². The number of halogens is 1. The number of aromatic nitrogens is 3. The molecular formula is C18H15ClN6O5. The monoisotopic (exact) mass is 430 g/mol. The number of carbonyl (C=O) groups excluding carboxylic acids is 1. The number of rotatable bonds is 5. The first-order valence-electron chi connectivity index (χ1n) is 8.90. The molecule has 3 aromatic rings. The second-order valence-corrected chi connectivity index (χ2v) is 6.62. The third kappa shape index (κ3) is 3.87. The molecule has 0 bridgehead atoms. The molecule has 0 atom stereocenters. The molecule has 0 aliphatic carbocycles. The van der Waals surface area contributed by atoms with Gasteiger partial charge in [-0.2, -0.15) is 4.98 Å². The van der Waals surface area contributed by atoms with Crippen LogP contribution in [0.15, 0.2) is 47.5 Å². The lowest BCUT2D eigenvalue weighted by Crippen LogP contribution is -2.49. The maximum Gasteiger partial charge on any atom is 0.373 e. The zero-order valence-corrected chi connectivity index (χ0v) is 16.2. The lowest BCUT2D eigenvalue weighted by Gasteiger charge is -2.34. The van der Waals surface area contributed by atoms with Gasteiger partial charge in [0.15, 0.2) is 16.7 Å². The fourth-order valence-corrected chi connectivity index (χ4v) is 3.21. The van der Waals surface area contributed by atoms with E-state index in [2.05, 4.69) is 15.0 Å². The number of piperazine rings is 1. The number of amides is 1. The van der Waals surface area contributed by atoms with Gasteiger partial charge < -0.3 is 19.0 Å². The molecule has 11 nitrogen and oxygen atoms in total. The van der Waals surface area contributed by atoms with Crippen molar-refractivity contribution in [2.75, 3.05) is 31.1 Å². The Labute approximate surface area is 175 Å². The average Bonchev–Trinajstić information content (AvgIpc) is 3.29. The second kappa shape index (κ2) is 8.33. The van der Waals surface area contributed by atoms with Crippen LogP contribution < -0.4 is 9.64 Å². The van der Waals surface area contributed by atoms with Gasteiger partial charge in [0, 0.05) is 32.4 Å². The molecule has 154 valence electrons. The van der Waals surface area contributed by atoms with Crippen molar-refractivity contribution in [1.82, 2.24) is 19.9 Å². The van der Waals surface area contributed by atoms with Crippen LogP contribution in [0.2, 0.25) is 5.15 Å². The summed E-state index contributed by atoms with van der Waals surface area (Å²) in [4.78, 5) is 38.8. The van der Waals surface area contributed by atoms with Crippen molar-refractivity contribution in [3.63, 3.8) is 0 Å². The molecule has 1 aliphatic rings. The van der Waals surface area contributed by atoms with Gasteiger partial charge in [-0.25, -0.2) is 9.97 Å². The standard InChI is InChI=1S/C18H15ClN6O5/c19-15-12(3-1-5-20-15)30-17-14(25(27)28)16(21-11-22-17)23-6-8-24(9-7-23)18(26)13-4-2-10-29-13/h1-5,10-11H,6-9H2. The number of carbonyl (C=O) groups is 1. The number of hydrogen-bond acceptors (Lipinski definition) is 9. The van der Waals surface area contributed by atoms with E-state index in [-0.39, 0.29) is 40.0 Å². The molecule has 0 aromatic carbocycles. The quantitative estimate of drug-likeness (QED) is 0.341. The van der Waals surface area contributed by atoms with Gasteiger partial charge >= 0.3 is 11.6 Å². The Morgan fingerprint density at radius 2 is 1.97 bits per heavy atom. The lowest BCUT2D eigenvalue weighted by molar-refractivity contribution is -0.385. The van der Waals surface area contributed by atoms with E-state index in [0.29, 0.717) is 26.2 Å². The van der Waals surface area contributed by atoms with Crippen LogP contribution in [0.3, 0.4) is 0 Å². The number of ether oxygens (including phenoxy) is 1. The molecule has 0 radical (unpaired) electrons. The summed E-state index contributed by atoms with van der Waals surface area (Å²) in [6.45, 7) is 1.39. The van der Waals surface area contributed by atoms with Gasteiger partial charge in [0.2, 0.25) is 5.82 Å². The van der Waals surface area contributed by atoms with Gasteiger partial charge in [-0.15, -0.1) is 0 Å². The number of hydrogen-bond donors (Lipinski definition) is 0. The normalized spacial score (nSPS) is 13.9. The first-order valence-corrected chi connectivity index (χ1v) is 9.28. The van der Waals surface area contributed by atoms with Crippen LogP contribution in [0.25, 0.3) is 0 Å². The fourth-order valence-electron chi connectivity index (χ4n) is 3.05. The van der Waals surface area contributed by atoms with E-state index in [0.717, 1.165) is 0 Å². The summed E-state index contributed by atoms with van der Waals surface area (Å²) in [5.74, 6) is 0.0254. The molecule has 12 heteroatoms. The van der Waals surface area contributed by atoms with Crippen LogP contribution in [-0.2, 0) is 0 Å². The van der Waals surface area contributed by atoms with E-state index >= 15 is 0 Å². The molecule has 4 heterocycles. The van der Waals surface area contributed by atoms with Gasteiger partial charge in [-0.3, -0.25) is 14.9 Å². The zero-order chi connectivity index (χ0) is 21.1. The molecule has 4 rings (SSSR count). The highest BCUT2D eigenvalue weighted by atomic mass is 35.5. The molecule has 0 N–H and O–H groups in total. The highest BCUT2D eigenvalue weighted by Gasteiger charge is 2.32. The Bertz CT molecular complexity index is 1070. The third-order valence-electron chi connectivity index (χ3n) is 4.48. The van der Waals surface area contributed by atoms with E-state index in [4.69, 9.17) is 20.8 Å². The van der Waals surface area contributed by atoms with E-state index in [1.807, 2.05) is 0 Å². The van der Waals surface area contributed by atoms with E-state index < -0.39 is 4.92 Å². The van der Waals surface area contributed by atoms with E-state index in [9.17, 15) is 14.9 Å². The summed E-state index contributed by atoms with van der Waals surface area (Å²) in [5.41, 5.74) is -0.386. The maximum absolute atomic E-state index is 12.4. The SMILES string of the molecule is O=C(c1ccco1)N1CCN(c2ncnc(Oc3cccnc3Cl)c2[N+](=O)[O-])CC1. The van der Waals surface area contributed by atoms with Gasteiger partial charge in [0.1, 0.15) is 6.33 Å². The molecule has 3 aromatic heterocycles. The van der Waals surface area contributed by atoms with Crippen molar-refractivity contribution in [2.45, 2.75) is 0 Å². The highest BCUT2D eigenvalue weighted by molar-refractivity contribution is 6.30. The highest BCUT2D eigenvalue weighted by Crippen LogP contribution is 2.37. The van der Waals surface area contributed by atoms with Crippen molar-refractivity contribution in [1.29, 1.82) is 0 Å². The first kappa shape index (κ1) is 19.6. The van der Waals surface area contributed by atoms with Gasteiger partial charge in [0.05, 0.1) is 11.2 Å². The zero-order valence-electron chi connectivity index (χ0n) is 15.5. The summed E-state index contributed by atoms with van der Waals surface area (Å²) in [6.07, 6.45) is 4.09. The van der Waals surface area contributed by atoms with Gasteiger partial charge in [-0.1, -0.05) is 11.6 Å². The molecule has 0 saturated carbocycles. The van der Waals surface area contributed by atoms with Crippen LogP contribution in [0.5, 0.6) is 11.6 Å². The van der Waals surface area contributed by atoms with Crippen LogP contribution in [-0.4, -0.2) is 56.9 Å². The minimum atomic E-state index is -0.602. The Balaban J connectivity index is 1.55. The molecule has 0 unspecified atom stereocenters. The number of furan rings is 1. The summed E-state index contributed by atoms with van der Waals surface area (Å²) in [6, 6.07) is 6.35. The fraction of sp³-hybridized carbons (Fsp3) is 0.222. The maximum atomic E-state index is 12.4. The van der Waals surface area contributed by atoms with Crippen LogP contribution in [0.4, 0.5) is 11.5 Å². The summed E-state index contributed by atoms with van der Waals surface area (Å²) < 4.78 is 10.7. The molecule has 1 fully saturated rings. The number of nitro groups is 1. The summed E-state index contributed by atoms with van der Waals surface area (Å²) >= 11 is 5.98. The first-order chi connectivity index (χ1) is 14.5. The topological polar surface area (TPSA) is 128 Å². The Morgan fingerprint density at radius 1 is 1.17 bits per heavy atom. The minimum absolute atomic E-state index is 0.0528. The summed E-state index contributed by atoms with van der Waals surface area (Å²) in [5, 5.41) is 11.8.